The largest absolute Gasteiger partial charge is 1.00 e. The Balaban J connectivity index is 0.00000162. The Hall–Kier alpha value is -0.840. The van der Waals surface area contributed by atoms with E-state index in [9.17, 15) is 0 Å². The molecule has 0 radical (unpaired) electrons. The number of imidazole rings is 1. The molecule has 3 nitrogen and oxygen atoms in total. The van der Waals surface area contributed by atoms with Gasteiger partial charge in [0.1, 0.15) is 0 Å². The third-order valence-corrected chi connectivity index (χ3v) is 3.10. The van der Waals surface area contributed by atoms with Crippen molar-refractivity contribution < 1.29 is 12.4 Å². The molecule has 0 spiro atoms. The summed E-state index contributed by atoms with van der Waals surface area (Å²) in [4.78, 5) is 4.02. The van der Waals surface area contributed by atoms with Gasteiger partial charge in [0.25, 0.3) is 0 Å². The van der Waals surface area contributed by atoms with Crippen molar-refractivity contribution in [3.05, 3.63) is 53.0 Å². The van der Waals surface area contributed by atoms with Crippen LogP contribution in [0.25, 0.3) is 0 Å². The van der Waals surface area contributed by atoms with E-state index in [1.165, 1.54) is 5.56 Å². The normalized spacial score (nSPS) is 10.1. The van der Waals surface area contributed by atoms with Crippen LogP contribution in [-0.4, -0.2) is 16.1 Å². The van der Waals surface area contributed by atoms with Gasteiger partial charge in [0.15, 0.2) is 0 Å². The van der Waals surface area contributed by atoms with Crippen LogP contribution in [0.5, 0.6) is 0 Å². The predicted octanol–water partition coefficient (Wildman–Crippen LogP) is -0.171. The Bertz CT molecular complexity index is 428. The van der Waals surface area contributed by atoms with Crippen LogP contribution < -0.4 is 17.7 Å². The molecule has 0 atom stereocenters. The van der Waals surface area contributed by atoms with Crippen molar-refractivity contribution in [2.45, 2.75) is 19.5 Å². The fourth-order valence-electron chi connectivity index (χ4n) is 1.64. The van der Waals surface area contributed by atoms with Gasteiger partial charge in [-0.25, -0.2) is 4.98 Å². The first-order valence-corrected chi connectivity index (χ1v) is 6.55. The summed E-state index contributed by atoms with van der Waals surface area (Å²) in [6, 6.07) is 8.41. The molecule has 0 fully saturated rings. The molecule has 0 unspecified atom stereocenters. The number of aryl methyl sites for hydroxylation is 1. The second-order valence-electron chi connectivity index (χ2n) is 3.96. The SMILES string of the molecule is Brc1ccc(CNCCCn2ccnc2)cc1.[Cl-]. The van der Waals surface area contributed by atoms with Gasteiger partial charge in [-0.05, 0) is 30.7 Å². The average Bonchev–Trinajstić information content (AvgIpc) is 2.84. The summed E-state index contributed by atoms with van der Waals surface area (Å²) in [5.74, 6) is 0. The van der Waals surface area contributed by atoms with Gasteiger partial charge in [-0.15, -0.1) is 0 Å². The van der Waals surface area contributed by atoms with E-state index in [0.29, 0.717) is 0 Å². The molecule has 1 heterocycles. The zero-order valence-electron chi connectivity index (χ0n) is 10.0. The topological polar surface area (TPSA) is 29.9 Å². The lowest BCUT2D eigenvalue weighted by Gasteiger charge is -2.05. The van der Waals surface area contributed by atoms with Crippen LogP contribution >= 0.6 is 15.9 Å². The molecule has 0 saturated heterocycles. The predicted molar refractivity (Wildman–Crippen MR) is 72.7 cm³/mol. The van der Waals surface area contributed by atoms with Crippen LogP contribution in [-0.2, 0) is 13.1 Å². The Morgan fingerprint density at radius 2 is 2.00 bits per heavy atom. The van der Waals surface area contributed by atoms with Crippen LogP contribution in [0.1, 0.15) is 12.0 Å². The Labute approximate surface area is 122 Å². The molecule has 0 bridgehead atoms. The highest BCUT2D eigenvalue weighted by Gasteiger charge is 1.93. The second-order valence-corrected chi connectivity index (χ2v) is 4.87. The van der Waals surface area contributed by atoms with Gasteiger partial charge in [0.2, 0.25) is 0 Å². The van der Waals surface area contributed by atoms with Gasteiger partial charge in [0, 0.05) is 30.0 Å². The highest BCUT2D eigenvalue weighted by atomic mass is 79.9. The fourth-order valence-corrected chi connectivity index (χ4v) is 1.90. The molecule has 1 N–H and O–H groups in total. The number of benzene rings is 1. The van der Waals surface area contributed by atoms with Crippen molar-refractivity contribution in [1.29, 1.82) is 0 Å². The fraction of sp³-hybridized carbons (Fsp3) is 0.308. The first-order chi connectivity index (χ1) is 8.34. The molecule has 0 aliphatic rings. The molecule has 1 aromatic heterocycles. The molecule has 0 aliphatic heterocycles. The number of rotatable bonds is 6. The Morgan fingerprint density at radius 3 is 2.67 bits per heavy atom. The monoisotopic (exact) mass is 328 g/mol. The summed E-state index contributed by atoms with van der Waals surface area (Å²) in [6.45, 7) is 2.97. The van der Waals surface area contributed by atoms with E-state index in [4.69, 9.17) is 0 Å². The van der Waals surface area contributed by atoms with E-state index in [0.717, 1.165) is 30.5 Å². The zero-order chi connectivity index (χ0) is 11.9. The molecule has 0 amide bonds. The van der Waals surface area contributed by atoms with Gasteiger partial charge in [-0.2, -0.15) is 0 Å². The standard InChI is InChI=1S/C13H16BrN3.ClH/c14-13-4-2-12(3-5-13)10-15-6-1-8-17-9-7-16-11-17;/h2-5,7,9,11,15H,1,6,8,10H2;1H/p-1. The third-order valence-electron chi connectivity index (χ3n) is 2.57. The van der Waals surface area contributed by atoms with Gasteiger partial charge in [-0.3, -0.25) is 0 Å². The summed E-state index contributed by atoms with van der Waals surface area (Å²) >= 11 is 3.43. The van der Waals surface area contributed by atoms with E-state index in [2.05, 4.69) is 55.1 Å². The van der Waals surface area contributed by atoms with Gasteiger partial charge < -0.3 is 22.3 Å². The molecule has 0 saturated carbocycles. The van der Waals surface area contributed by atoms with E-state index in [1.807, 2.05) is 18.7 Å². The van der Waals surface area contributed by atoms with Crippen LogP contribution in [0.15, 0.2) is 47.5 Å². The summed E-state index contributed by atoms with van der Waals surface area (Å²) in [5.41, 5.74) is 1.32. The summed E-state index contributed by atoms with van der Waals surface area (Å²) in [7, 11) is 0. The van der Waals surface area contributed by atoms with Crippen LogP contribution in [0.3, 0.4) is 0 Å². The van der Waals surface area contributed by atoms with Gasteiger partial charge in [0.05, 0.1) is 6.33 Å². The highest BCUT2D eigenvalue weighted by Crippen LogP contribution is 2.10. The lowest BCUT2D eigenvalue weighted by atomic mass is 10.2. The van der Waals surface area contributed by atoms with Crippen molar-refractivity contribution >= 4 is 15.9 Å². The molecule has 5 heteroatoms. The molecule has 18 heavy (non-hydrogen) atoms. The highest BCUT2D eigenvalue weighted by molar-refractivity contribution is 9.10. The van der Waals surface area contributed by atoms with Crippen LogP contribution in [0.2, 0.25) is 0 Å². The van der Waals surface area contributed by atoms with Crippen molar-refractivity contribution in [2.75, 3.05) is 6.54 Å². The van der Waals surface area contributed by atoms with Crippen molar-refractivity contribution in [3.8, 4) is 0 Å². The Morgan fingerprint density at radius 1 is 1.22 bits per heavy atom. The zero-order valence-corrected chi connectivity index (χ0v) is 12.4. The second kappa shape index (κ2) is 8.29. The number of halogens is 2. The number of hydrogen-bond acceptors (Lipinski definition) is 2. The van der Waals surface area contributed by atoms with Crippen molar-refractivity contribution in [1.82, 2.24) is 14.9 Å². The van der Waals surface area contributed by atoms with E-state index < -0.39 is 0 Å². The minimum atomic E-state index is 0. The average molecular weight is 330 g/mol. The Kier molecular flexibility index (Phi) is 7.01. The number of hydrogen-bond donors (Lipinski definition) is 1. The first-order valence-electron chi connectivity index (χ1n) is 5.75. The maximum Gasteiger partial charge on any atom is 0.0945 e. The molecule has 2 rings (SSSR count). The summed E-state index contributed by atoms with van der Waals surface area (Å²) in [6.07, 6.45) is 6.78. The minimum Gasteiger partial charge on any atom is -1.00 e. The smallest absolute Gasteiger partial charge is 0.0945 e. The van der Waals surface area contributed by atoms with Crippen molar-refractivity contribution in [2.24, 2.45) is 0 Å². The van der Waals surface area contributed by atoms with E-state index in [-0.39, 0.29) is 12.4 Å². The molecule has 1 aromatic carbocycles. The summed E-state index contributed by atoms with van der Waals surface area (Å²) < 4.78 is 3.22. The third kappa shape index (κ3) is 5.21. The molecule has 2 aromatic rings. The van der Waals surface area contributed by atoms with E-state index in [1.54, 1.807) is 0 Å². The summed E-state index contributed by atoms with van der Waals surface area (Å²) in [5, 5.41) is 3.43. The van der Waals surface area contributed by atoms with Crippen LogP contribution in [0, 0.1) is 0 Å². The van der Waals surface area contributed by atoms with Crippen molar-refractivity contribution in [3.63, 3.8) is 0 Å². The number of aromatic nitrogens is 2. The molecule has 0 aliphatic carbocycles. The molecular formula is C13H16BrClN3-. The maximum atomic E-state index is 4.02. The molecule has 98 valence electrons. The maximum absolute atomic E-state index is 4.02. The van der Waals surface area contributed by atoms with Gasteiger partial charge in [-0.1, -0.05) is 28.1 Å². The van der Waals surface area contributed by atoms with E-state index >= 15 is 0 Å². The lowest BCUT2D eigenvalue weighted by molar-refractivity contribution is -0.00000346. The number of nitrogens with zero attached hydrogens (tertiary/aromatic N) is 2. The minimum absolute atomic E-state index is 0. The first kappa shape index (κ1) is 15.2. The van der Waals surface area contributed by atoms with Crippen LogP contribution in [0.4, 0.5) is 0 Å². The van der Waals surface area contributed by atoms with Gasteiger partial charge >= 0.3 is 0 Å². The molecular weight excluding hydrogens is 314 g/mol. The lowest BCUT2D eigenvalue weighted by Crippen LogP contribution is -3.00. The quantitative estimate of drug-likeness (QED) is 0.746. The number of nitrogens with one attached hydrogen (secondary N) is 1.